The highest BCUT2D eigenvalue weighted by Crippen LogP contribution is 2.28. The molecule has 3 rings (SSSR count). The molecule has 1 N–H and O–H groups in total. The topological polar surface area (TPSA) is 77.0 Å². The van der Waals surface area contributed by atoms with Crippen molar-refractivity contribution in [3.05, 3.63) is 64.8 Å². The molecule has 0 bridgehead atoms. The Bertz CT molecular complexity index is 908. The van der Waals surface area contributed by atoms with Crippen LogP contribution in [0.1, 0.15) is 5.56 Å². The molecule has 0 atom stereocenters. The number of thioether (sulfide) groups is 1. The third-order valence-electron chi connectivity index (χ3n) is 3.47. The van der Waals surface area contributed by atoms with E-state index in [0.717, 1.165) is 5.56 Å². The van der Waals surface area contributed by atoms with Crippen molar-refractivity contribution in [2.24, 2.45) is 4.99 Å². The van der Waals surface area contributed by atoms with Crippen molar-refractivity contribution in [3.63, 3.8) is 0 Å². The highest BCUT2D eigenvalue weighted by Gasteiger charge is 2.23. The molecule has 1 aliphatic rings. The Balaban J connectivity index is 1.67. The molecule has 0 aliphatic carbocycles. The van der Waals surface area contributed by atoms with E-state index in [1.807, 2.05) is 0 Å². The molecule has 6 nitrogen and oxygen atoms in total. The molecule has 27 heavy (non-hydrogen) atoms. The van der Waals surface area contributed by atoms with E-state index in [4.69, 9.17) is 4.74 Å². The summed E-state index contributed by atoms with van der Waals surface area (Å²) in [4.78, 5) is 27.9. The van der Waals surface area contributed by atoms with Crippen LogP contribution in [0.3, 0.4) is 0 Å². The zero-order valence-corrected chi connectivity index (χ0v) is 15.1. The number of carbonyl (C=O) groups excluding carboxylic acids is 2. The first-order chi connectivity index (χ1) is 13.0. The molecular weight excluding hydrogens is 371 g/mol. The average molecular weight is 386 g/mol. The molecule has 0 saturated carbocycles. The number of rotatable bonds is 5. The second-order valence-corrected chi connectivity index (χ2v) is 6.42. The number of amidine groups is 1. The Hall–Kier alpha value is -3.13. The van der Waals surface area contributed by atoms with Crippen LogP contribution in [-0.4, -0.2) is 30.8 Å². The molecule has 138 valence electrons. The smallest absolute Gasteiger partial charge is 0.343 e. The monoisotopic (exact) mass is 386 g/mol. The summed E-state index contributed by atoms with van der Waals surface area (Å²) >= 11 is 1.20. The summed E-state index contributed by atoms with van der Waals surface area (Å²) in [5, 5.41) is 3.10. The molecule has 1 saturated heterocycles. The SMILES string of the molecule is COC(=O)COc1ccc(/C=C2/SC(=Nc3ccc(F)cc3)NC2=O)cc1. The van der Waals surface area contributed by atoms with E-state index in [2.05, 4.69) is 15.0 Å². The molecular formula is C19H15FN2O4S. The summed E-state index contributed by atoms with van der Waals surface area (Å²) in [5.41, 5.74) is 1.34. The van der Waals surface area contributed by atoms with E-state index in [1.165, 1.54) is 43.1 Å². The Morgan fingerprint density at radius 2 is 1.89 bits per heavy atom. The van der Waals surface area contributed by atoms with Gasteiger partial charge in [-0.05, 0) is 59.8 Å². The number of amides is 1. The number of ether oxygens (including phenoxy) is 2. The highest BCUT2D eigenvalue weighted by atomic mass is 32.2. The zero-order chi connectivity index (χ0) is 19.2. The average Bonchev–Trinajstić information content (AvgIpc) is 3.01. The summed E-state index contributed by atoms with van der Waals surface area (Å²) in [6, 6.07) is 12.6. The lowest BCUT2D eigenvalue weighted by molar-refractivity contribution is -0.142. The van der Waals surface area contributed by atoms with Crippen molar-refractivity contribution in [1.29, 1.82) is 0 Å². The van der Waals surface area contributed by atoms with E-state index in [9.17, 15) is 14.0 Å². The molecule has 0 radical (unpaired) electrons. The Morgan fingerprint density at radius 1 is 1.19 bits per heavy atom. The maximum Gasteiger partial charge on any atom is 0.343 e. The Labute approximate surface area is 159 Å². The standard InChI is InChI=1S/C19H15FN2O4S/c1-25-17(23)11-26-15-8-2-12(3-9-15)10-16-18(24)22-19(27-16)21-14-6-4-13(20)5-7-14/h2-10H,11H2,1H3,(H,21,22,24)/b16-10+. The van der Waals surface area contributed by atoms with Gasteiger partial charge < -0.3 is 14.8 Å². The predicted octanol–water partition coefficient (Wildman–Crippen LogP) is 3.27. The van der Waals surface area contributed by atoms with E-state index in [0.29, 0.717) is 21.5 Å². The molecule has 1 aliphatic heterocycles. The minimum absolute atomic E-state index is 0.168. The number of esters is 1. The zero-order valence-electron chi connectivity index (χ0n) is 14.3. The lowest BCUT2D eigenvalue weighted by Gasteiger charge is -2.04. The van der Waals surface area contributed by atoms with Crippen molar-refractivity contribution in [3.8, 4) is 5.75 Å². The van der Waals surface area contributed by atoms with Gasteiger partial charge in [0, 0.05) is 0 Å². The summed E-state index contributed by atoms with van der Waals surface area (Å²) < 4.78 is 22.7. The first-order valence-corrected chi connectivity index (χ1v) is 8.70. The van der Waals surface area contributed by atoms with Crippen LogP contribution < -0.4 is 10.1 Å². The first kappa shape index (κ1) is 18.7. The Morgan fingerprint density at radius 3 is 2.56 bits per heavy atom. The molecule has 1 fully saturated rings. The molecule has 8 heteroatoms. The Kier molecular flexibility index (Phi) is 5.87. The minimum Gasteiger partial charge on any atom is -0.482 e. The van der Waals surface area contributed by atoms with Gasteiger partial charge in [-0.15, -0.1) is 0 Å². The van der Waals surface area contributed by atoms with E-state index >= 15 is 0 Å². The largest absolute Gasteiger partial charge is 0.482 e. The fraction of sp³-hybridized carbons (Fsp3) is 0.105. The van der Waals surface area contributed by atoms with Crippen LogP contribution >= 0.6 is 11.8 Å². The van der Waals surface area contributed by atoms with Gasteiger partial charge in [-0.2, -0.15) is 0 Å². The predicted molar refractivity (Wildman–Crippen MR) is 101 cm³/mol. The number of methoxy groups -OCH3 is 1. The number of benzene rings is 2. The number of halogens is 1. The number of aliphatic imine (C=N–C) groups is 1. The van der Waals surface area contributed by atoms with Gasteiger partial charge in [0.15, 0.2) is 11.8 Å². The molecule has 0 spiro atoms. The maximum atomic E-state index is 12.9. The van der Waals surface area contributed by atoms with Crippen LogP contribution in [0.4, 0.5) is 10.1 Å². The first-order valence-electron chi connectivity index (χ1n) is 7.88. The summed E-state index contributed by atoms with van der Waals surface area (Å²) in [6.07, 6.45) is 1.72. The van der Waals surface area contributed by atoms with Crippen LogP contribution in [0.2, 0.25) is 0 Å². The van der Waals surface area contributed by atoms with E-state index < -0.39 is 5.97 Å². The number of nitrogens with zero attached hydrogens (tertiary/aromatic N) is 1. The maximum absolute atomic E-state index is 12.9. The second-order valence-electron chi connectivity index (χ2n) is 5.39. The van der Waals surface area contributed by atoms with Crippen LogP contribution in [0, 0.1) is 5.82 Å². The van der Waals surface area contributed by atoms with Gasteiger partial charge >= 0.3 is 5.97 Å². The van der Waals surface area contributed by atoms with Gasteiger partial charge in [0.2, 0.25) is 0 Å². The van der Waals surface area contributed by atoms with Gasteiger partial charge in [0.25, 0.3) is 5.91 Å². The van der Waals surface area contributed by atoms with Gasteiger partial charge in [0.1, 0.15) is 11.6 Å². The number of carbonyl (C=O) groups is 2. The van der Waals surface area contributed by atoms with Crippen molar-refractivity contribution < 1.29 is 23.5 Å². The fourth-order valence-electron chi connectivity index (χ4n) is 2.13. The lowest BCUT2D eigenvalue weighted by Crippen LogP contribution is -2.19. The van der Waals surface area contributed by atoms with Crippen LogP contribution in [0.25, 0.3) is 6.08 Å². The molecule has 1 heterocycles. The molecule has 1 amide bonds. The molecule has 2 aromatic carbocycles. The number of hydrogen-bond acceptors (Lipinski definition) is 6. The third kappa shape index (κ3) is 5.18. The van der Waals surface area contributed by atoms with Crippen molar-refractivity contribution in [2.45, 2.75) is 0 Å². The van der Waals surface area contributed by atoms with E-state index in [1.54, 1.807) is 30.3 Å². The fourth-order valence-corrected chi connectivity index (χ4v) is 2.97. The van der Waals surface area contributed by atoms with Crippen molar-refractivity contribution in [1.82, 2.24) is 5.32 Å². The molecule has 2 aromatic rings. The number of nitrogens with one attached hydrogen (secondary N) is 1. The summed E-state index contributed by atoms with van der Waals surface area (Å²) in [6.45, 7) is -0.168. The minimum atomic E-state index is -0.465. The van der Waals surface area contributed by atoms with E-state index in [-0.39, 0.29) is 18.3 Å². The van der Waals surface area contributed by atoms with Crippen molar-refractivity contribution in [2.75, 3.05) is 13.7 Å². The van der Waals surface area contributed by atoms with Gasteiger partial charge in [-0.25, -0.2) is 14.2 Å². The second kappa shape index (κ2) is 8.50. The van der Waals surface area contributed by atoms with Crippen LogP contribution in [0.5, 0.6) is 5.75 Å². The summed E-state index contributed by atoms with van der Waals surface area (Å²) in [5.74, 6) is -0.550. The molecule has 0 unspecified atom stereocenters. The third-order valence-corrected chi connectivity index (χ3v) is 4.38. The summed E-state index contributed by atoms with van der Waals surface area (Å²) in [7, 11) is 1.29. The quantitative estimate of drug-likeness (QED) is 0.630. The van der Waals surface area contributed by atoms with Gasteiger partial charge in [-0.1, -0.05) is 12.1 Å². The van der Waals surface area contributed by atoms with Crippen LogP contribution in [-0.2, 0) is 14.3 Å². The normalized spacial score (nSPS) is 16.4. The van der Waals surface area contributed by atoms with Crippen molar-refractivity contribution >= 4 is 40.6 Å². The van der Waals surface area contributed by atoms with Gasteiger partial charge in [0.05, 0.1) is 17.7 Å². The van der Waals surface area contributed by atoms with Crippen LogP contribution in [0.15, 0.2) is 58.4 Å². The highest BCUT2D eigenvalue weighted by molar-refractivity contribution is 8.18. The lowest BCUT2D eigenvalue weighted by atomic mass is 10.2. The number of hydrogen-bond donors (Lipinski definition) is 1. The molecule has 0 aromatic heterocycles. The van der Waals surface area contributed by atoms with Gasteiger partial charge in [-0.3, -0.25) is 4.79 Å².